The zero-order chi connectivity index (χ0) is 17.4. The van der Waals surface area contributed by atoms with E-state index in [1.54, 1.807) is 18.2 Å². The lowest BCUT2D eigenvalue weighted by atomic mass is 10.2. The van der Waals surface area contributed by atoms with Crippen molar-refractivity contribution in [3.8, 4) is 11.5 Å². The standard InChI is InChI=1S/C18H20FNO4/c1-13-11-16(24-12-18(21)22-2)7-8-17(13)20-9-10-23-15-5-3-14(19)4-6-15/h3-8,11,20H,9-10,12H2,1-2H3. The summed E-state index contributed by atoms with van der Waals surface area (Å²) in [5.74, 6) is 0.519. The number of anilines is 1. The highest BCUT2D eigenvalue weighted by atomic mass is 19.1. The van der Waals surface area contributed by atoms with Gasteiger partial charge >= 0.3 is 5.97 Å². The van der Waals surface area contributed by atoms with Crippen molar-refractivity contribution in [3.63, 3.8) is 0 Å². The second kappa shape index (κ2) is 8.76. The fourth-order valence-electron chi connectivity index (χ4n) is 2.01. The van der Waals surface area contributed by atoms with E-state index < -0.39 is 5.97 Å². The van der Waals surface area contributed by atoms with Crippen molar-refractivity contribution in [1.29, 1.82) is 0 Å². The first-order valence-corrected chi connectivity index (χ1v) is 7.51. The quantitative estimate of drug-likeness (QED) is 0.594. The van der Waals surface area contributed by atoms with Gasteiger partial charge in [-0.3, -0.25) is 0 Å². The van der Waals surface area contributed by atoms with Gasteiger partial charge in [-0.2, -0.15) is 0 Å². The maximum Gasteiger partial charge on any atom is 0.343 e. The Morgan fingerprint density at radius 2 is 1.79 bits per heavy atom. The number of methoxy groups -OCH3 is 1. The van der Waals surface area contributed by atoms with Crippen LogP contribution in [0.4, 0.5) is 10.1 Å². The third kappa shape index (κ3) is 5.46. The van der Waals surface area contributed by atoms with E-state index in [9.17, 15) is 9.18 Å². The first kappa shape index (κ1) is 17.6. The van der Waals surface area contributed by atoms with Crippen LogP contribution in [0.5, 0.6) is 11.5 Å². The van der Waals surface area contributed by atoms with Crippen molar-refractivity contribution in [1.82, 2.24) is 0 Å². The summed E-state index contributed by atoms with van der Waals surface area (Å²) in [6.45, 7) is 2.87. The van der Waals surface area contributed by atoms with E-state index in [1.807, 2.05) is 19.1 Å². The monoisotopic (exact) mass is 333 g/mol. The molecule has 0 saturated heterocycles. The Hall–Kier alpha value is -2.76. The van der Waals surface area contributed by atoms with Crippen LogP contribution in [-0.4, -0.2) is 32.8 Å². The van der Waals surface area contributed by atoms with Crippen LogP contribution in [0.1, 0.15) is 5.56 Å². The molecule has 128 valence electrons. The van der Waals surface area contributed by atoms with Crippen molar-refractivity contribution >= 4 is 11.7 Å². The predicted octanol–water partition coefficient (Wildman–Crippen LogP) is 3.18. The van der Waals surface area contributed by atoms with Crippen LogP contribution in [0, 0.1) is 12.7 Å². The number of carbonyl (C=O) groups excluding carboxylic acids is 1. The third-order valence-electron chi connectivity index (χ3n) is 3.28. The molecule has 0 saturated carbocycles. The number of rotatable bonds is 8. The summed E-state index contributed by atoms with van der Waals surface area (Å²) in [5.41, 5.74) is 1.93. The summed E-state index contributed by atoms with van der Waals surface area (Å²) in [5, 5.41) is 3.25. The molecule has 0 bridgehead atoms. The number of aryl methyl sites for hydroxylation is 1. The molecule has 6 heteroatoms. The van der Waals surface area contributed by atoms with E-state index in [-0.39, 0.29) is 12.4 Å². The molecule has 0 aliphatic rings. The van der Waals surface area contributed by atoms with E-state index in [2.05, 4.69) is 10.1 Å². The number of hydrogen-bond acceptors (Lipinski definition) is 5. The van der Waals surface area contributed by atoms with E-state index >= 15 is 0 Å². The molecule has 0 unspecified atom stereocenters. The number of nitrogens with one attached hydrogen (secondary N) is 1. The van der Waals surface area contributed by atoms with Crippen LogP contribution in [0.15, 0.2) is 42.5 Å². The third-order valence-corrected chi connectivity index (χ3v) is 3.28. The van der Waals surface area contributed by atoms with E-state index in [0.717, 1.165) is 11.3 Å². The molecule has 24 heavy (non-hydrogen) atoms. The minimum atomic E-state index is -0.423. The minimum absolute atomic E-state index is 0.117. The number of hydrogen-bond donors (Lipinski definition) is 1. The fraction of sp³-hybridized carbons (Fsp3) is 0.278. The van der Waals surface area contributed by atoms with Gasteiger partial charge in [0.2, 0.25) is 0 Å². The maximum absolute atomic E-state index is 12.8. The molecular formula is C18H20FNO4. The average molecular weight is 333 g/mol. The van der Waals surface area contributed by atoms with Gasteiger partial charge in [-0.1, -0.05) is 0 Å². The molecule has 0 heterocycles. The van der Waals surface area contributed by atoms with Crippen LogP contribution < -0.4 is 14.8 Å². The Morgan fingerprint density at radius 1 is 1.08 bits per heavy atom. The molecule has 2 rings (SSSR count). The van der Waals surface area contributed by atoms with Gasteiger partial charge in [0.15, 0.2) is 6.61 Å². The van der Waals surface area contributed by atoms with E-state index in [0.29, 0.717) is 24.7 Å². The van der Waals surface area contributed by atoms with Crippen molar-refractivity contribution in [2.75, 3.05) is 32.2 Å². The first-order chi connectivity index (χ1) is 11.6. The normalized spacial score (nSPS) is 10.1. The molecule has 0 amide bonds. The Kier molecular flexibility index (Phi) is 6.42. The molecule has 0 fully saturated rings. The molecule has 1 N–H and O–H groups in total. The highest BCUT2D eigenvalue weighted by Crippen LogP contribution is 2.21. The first-order valence-electron chi connectivity index (χ1n) is 7.51. The number of ether oxygens (including phenoxy) is 3. The summed E-state index contributed by atoms with van der Waals surface area (Å²) in [4.78, 5) is 11.1. The lowest BCUT2D eigenvalue weighted by Crippen LogP contribution is -2.13. The van der Waals surface area contributed by atoms with E-state index in [1.165, 1.54) is 19.2 Å². The van der Waals surface area contributed by atoms with Gasteiger partial charge in [0.25, 0.3) is 0 Å². The zero-order valence-electron chi connectivity index (χ0n) is 13.7. The van der Waals surface area contributed by atoms with Crippen LogP contribution >= 0.6 is 0 Å². The van der Waals surface area contributed by atoms with Crippen LogP contribution in [-0.2, 0) is 9.53 Å². The Balaban J connectivity index is 1.78. The predicted molar refractivity (Wildman–Crippen MR) is 89.1 cm³/mol. The van der Waals surface area contributed by atoms with Gasteiger partial charge in [0.1, 0.15) is 23.9 Å². The van der Waals surface area contributed by atoms with Crippen molar-refractivity contribution in [2.45, 2.75) is 6.92 Å². The van der Waals surface area contributed by atoms with Crippen LogP contribution in [0.3, 0.4) is 0 Å². The average Bonchev–Trinajstić information content (AvgIpc) is 2.59. The minimum Gasteiger partial charge on any atom is -0.492 e. The Morgan fingerprint density at radius 3 is 2.46 bits per heavy atom. The summed E-state index contributed by atoms with van der Waals surface area (Å²) >= 11 is 0. The van der Waals surface area contributed by atoms with Crippen molar-refractivity contribution in [3.05, 3.63) is 53.8 Å². The molecule has 2 aromatic carbocycles. The van der Waals surface area contributed by atoms with Crippen LogP contribution in [0.25, 0.3) is 0 Å². The molecule has 0 spiro atoms. The maximum atomic E-state index is 12.8. The topological polar surface area (TPSA) is 56.8 Å². The van der Waals surface area contributed by atoms with E-state index in [4.69, 9.17) is 9.47 Å². The summed E-state index contributed by atoms with van der Waals surface area (Å²) < 4.78 is 28.2. The number of halogens is 1. The Labute approximate surface area is 140 Å². The second-order valence-electron chi connectivity index (χ2n) is 5.07. The summed E-state index contributed by atoms with van der Waals surface area (Å²) in [6, 6.07) is 11.4. The molecule has 0 atom stereocenters. The summed E-state index contributed by atoms with van der Waals surface area (Å²) in [7, 11) is 1.32. The molecule has 5 nitrogen and oxygen atoms in total. The lowest BCUT2D eigenvalue weighted by Gasteiger charge is -2.12. The smallest absolute Gasteiger partial charge is 0.343 e. The van der Waals surface area contributed by atoms with Crippen molar-refractivity contribution in [2.24, 2.45) is 0 Å². The highest BCUT2D eigenvalue weighted by molar-refractivity contribution is 5.71. The molecule has 0 aliphatic carbocycles. The SMILES string of the molecule is COC(=O)COc1ccc(NCCOc2ccc(F)cc2)c(C)c1. The van der Waals surface area contributed by atoms with Gasteiger partial charge in [0.05, 0.1) is 7.11 Å². The molecule has 2 aromatic rings. The molecule has 0 aliphatic heterocycles. The number of esters is 1. The molecule has 0 aromatic heterocycles. The lowest BCUT2D eigenvalue weighted by molar-refractivity contribution is -0.142. The van der Waals surface area contributed by atoms with Gasteiger partial charge < -0.3 is 19.5 Å². The fourth-order valence-corrected chi connectivity index (χ4v) is 2.01. The van der Waals surface area contributed by atoms with Gasteiger partial charge in [-0.05, 0) is 55.0 Å². The van der Waals surface area contributed by atoms with Gasteiger partial charge in [-0.25, -0.2) is 9.18 Å². The van der Waals surface area contributed by atoms with Gasteiger partial charge in [-0.15, -0.1) is 0 Å². The highest BCUT2D eigenvalue weighted by Gasteiger charge is 2.04. The largest absolute Gasteiger partial charge is 0.492 e. The summed E-state index contributed by atoms with van der Waals surface area (Å²) in [6.07, 6.45) is 0. The molecular weight excluding hydrogens is 313 g/mol. The number of benzene rings is 2. The molecule has 0 radical (unpaired) electrons. The zero-order valence-corrected chi connectivity index (χ0v) is 13.7. The Bertz CT molecular complexity index is 673. The van der Waals surface area contributed by atoms with Crippen LogP contribution in [0.2, 0.25) is 0 Å². The second-order valence-corrected chi connectivity index (χ2v) is 5.07. The van der Waals surface area contributed by atoms with Gasteiger partial charge in [0, 0.05) is 12.2 Å². The number of carbonyl (C=O) groups is 1. The van der Waals surface area contributed by atoms with Crippen molar-refractivity contribution < 1.29 is 23.4 Å².